The number of nitrogens with zero attached hydrogens (tertiary/aromatic N) is 1. The van der Waals surface area contributed by atoms with E-state index in [-0.39, 0.29) is 6.09 Å². The normalized spacial score (nSPS) is 22.2. The molecule has 1 aromatic rings. The van der Waals surface area contributed by atoms with E-state index in [0.29, 0.717) is 18.7 Å². The molecule has 1 heterocycles. The Balaban J connectivity index is 1.58. The second-order valence-corrected chi connectivity index (χ2v) is 5.33. The molecule has 1 saturated heterocycles. The lowest BCUT2D eigenvalue weighted by atomic mass is 10.2. The molecule has 4 nitrogen and oxygen atoms in total. The number of ether oxygens (including phenoxy) is 1. The predicted molar refractivity (Wildman–Crippen MR) is 72.8 cm³/mol. The second-order valence-electron chi connectivity index (χ2n) is 5.33. The maximum absolute atomic E-state index is 12.3. The van der Waals surface area contributed by atoms with Crippen molar-refractivity contribution >= 4 is 6.09 Å². The van der Waals surface area contributed by atoms with Crippen LogP contribution in [-0.2, 0) is 11.3 Å². The molecule has 19 heavy (non-hydrogen) atoms. The average Bonchev–Trinajstić information content (AvgIpc) is 3.12. The number of carbonyl (C=O) groups is 1. The van der Waals surface area contributed by atoms with Crippen LogP contribution in [0, 0.1) is 0 Å². The van der Waals surface area contributed by atoms with E-state index in [0.717, 1.165) is 37.9 Å². The van der Waals surface area contributed by atoms with Crippen LogP contribution in [0.25, 0.3) is 0 Å². The van der Waals surface area contributed by atoms with Gasteiger partial charge in [-0.15, -0.1) is 0 Å². The summed E-state index contributed by atoms with van der Waals surface area (Å²) in [5.74, 6) is 0. The monoisotopic (exact) mass is 260 g/mol. The van der Waals surface area contributed by atoms with E-state index in [1.54, 1.807) is 0 Å². The van der Waals surface area contributed by atoms with Gasteiger partial charge < -0.3 is 15.0 Å². The first-order valence-corrected chi connectivity index (χ1v) is 7.04. The van der Waals surface area contributed by atoms with Gasteiger partial charge in [-0.2, -0.15) is 0 Å². The van der Waals surface area contributed by atoms with E-state index in [4.69, 9.17) is 4.74 Å². The van der Waals surface area contributed by atoms with Gasteiger partial charge in [0.25, 0.3) is 0 Å². The van der Waals surface area contributed by atoms with E-state index >= 15 is 0 Å². The summed E-state index contributed by atoms with van der Waals surface area (Å²) < 4.78 is 5.46. The van der Waals surface area contributed by atoms with E-state index in [1.807, 2.05) is 35.2 Å². The Labute approximate surface area is 113 Å². The largest absolute Gasteiger partial charge is 0.445 e. The SMILES string of the molecule is O=C(OCc1ccccc1)N(C1CC1)C1CCNC1. The van der Waals surface area contributed by atoms with Gasteiger partial charge in [0.15, 0.2) is 0 Å². The molecule has 1 aliphatic heterocycles. The number of rotatable bonds is 4. The Hall–Kier alpha value is -1.55. The van der Waals surface area contributed by atoms with Crippen LogP contribution in [-0.4, -0.2) is 36.2 Å². The van der Waals surface area contributed by atoms with Crippen LogP contribution in [0.2, 0.25) is 0 Å². The van der Waals surface area contributed by atoms with Gasteiger partial charge in [-0.25, -0.2) is 4.79 Å². The highest BCUT2D eigenvalue weighted by Gasteiger charge is 2.39. The van der Waals surface area contributed by atoms with Crippen molar-refractivity contribution in [2.24, 2.45) is 0 Å². The van der Waals surface area contributed by atoms with Gasteiger partial charge in [-0.05, 0) is 31.4 Å². The fraction of sp³-hybridized carbons (Fsp3) is 0.533. The summed E-state index contributed by atoms with van der Waals surface area (Å²) in [7, 11) is 0. The Morgan fingerprint density at radius 1 is 1.21 bits per heavy atom. The molecule has 1 N–H and O–H groups in total. The molecular weight excluding hydrogens is 240 g/mol. The van der Waals surface area contributed by atoms with Crippen molar-refractivity contribution in [2.75, 3.05) is 13.1 Å². The van der Waals surface area contributed by atoms with Crippen molar-refractivity contribution in [3.8, 4) is 0 Å². The zero-order valence-electron chi connectivity index (χ0n) is 11.0. The minimum Gasteiger partial charge on any atom is -0.445 e. The third kappa shape index (κ3) is 3.07. The highest BCUT2D eigenvalue weighted by molar-refractivity contribution is 5.69. The van der Waals surface area contributed by atoms with Crippen molar-refractivity contribution in [1.29, 1.82) is 0 Å². The molecule has 1 saturated carbocycles. The molecular formula is C15H20N2O2. The summed E-state index contributed by atoms with van der Waals surface area (Å²) in [5, 5.41) is 3.31. The minimum absolute atomic E-state index is 0.153. The fourth-order valence-electron chi connectivity index (χ4n) is 2.62. The van der Waals surface area contributed by atoms with Crippen molar-refractivity contribution in [3.05, 3.63) is 35.9 Å². The number of benzene rings is 1. The van der Waals surface area contributed by atoms with Gasteiger partial charge in [0.1, 0.15) is 6.61 Å². The molecule has 1 unspecified atom stereocenters. The van der Waals surface area contributed by atoms with Crippen LogP contribution in [0.15, 0.2) is 30.3 Å². The van der Waals surface area contributed by atoms with Gasteiger partial charge >= 0.3 is 6.09 Å². The van der Waals surface area contributed by atoms with E-state index in [1.165, 1.54) is 0 Å². The minimum atomic E-state index is -0.153. The highest BCUT2D eigenvalue weighted by atomic mass is 16.6. The van der Waals surface area contributed by atoms with Crippen LogP contribution < -0.4 is 5.32 Å². The molecule has 0 aromatic heterocycles. The molecule has 0 radical (unpaired) electrons. The smallest absolute Gasteiger partial charge is 0.410 e. The van der Waals surface area contributed by atoms with Gasteiger partial charge in [0.2, 0.25) is 0 Å². The molecule has 1 atom stereocenters. The summed E-state index contributed by atoms with van der Waals surface area (Å²) >= 11 is 0. The molecule has 0 bridgehead atoms. The van der Waals surface area contributed by atoms with Crippen LogP contribution in [0.4, 0.5) is 4.79 Å². The van der Waals surface area contributed by atoms with Crippen LogP contribution in [0.1, 0.15) is 24.8 Å². The van der Waals surface area contributed by atoms with Crippen LogP contribution >= 0.6 is 0 Å². The molecule has 1 aromatic carbocycles. The Morgan fingerprint density at radius 2 is 2.00 bits per heavy atom. The topological polar surface area (TPSA) is 41.6 Å². The van der Waals surface area contributed by atoms with Crippen molar-refractivity contribution in [1.82, 2.24) is 10.2 Å². The molecule has 3 rings (SSSR count). The number of carbonyl (C=O) groups excluding carboxylic acids is 1. The number of nitrogens with one attached hydrogen (secondary N) is 1. The third-order valence-electron chi connectivity index (χ3n) is 3.78. The lowest BCUT2D eigenvalue weighted by molar-refractivity contribution is 0.0799. The standard InChI is InChI=1S/C15H20N2O2/c18-15(19-11-12-4-2-1-3-5-12)17(13-6-7-13)14-8-9-16-10-14/h1-5,13-14,16H,6-11H2. The van der Waals surface area contributed by atoms with Gasteiger partial charge in [-0.3, -0.25) is 0 Å². The lowest BCUT2D eigenvalue weighted by Gasteiger charge is -2.27. The summed E-state index contributed by atoms with van der Waals surface area (Å²) in [6.07, 6.45) is 3.13. The second kappa shape index (κ2) is 5.61. The maximum atomic E-state index is 12.3. The predicted octanol–water partition coefficient (Wildman–Crippen LogP) is 2.15. The molecule has 102 valence electrons. The average molecular weight is 260 g/mol. The van der Waals surface area contributed by atoms with Gasteiger partial charge in [-0.1, -0.05) is 30.3 Å². The number of hydrogen-bond donors (Lipinski definition) is 1. The molecule has 4 heteroatoms. The van der Waals surface area contributed by atoms with E-state index in [9.17, 15) is 4.79 Å². The number of amides is 1. The Morgan fingerprint density at radius 3 is 2.63 bits per heavy atom. The quantitative estimate of drug-likeness (QED) is 0.902. The maximum Gasteiger partial charge on any atom is 0.410 e. The first-order chi connectivity index (χ1) is 9.34. The zero-order valence-corrected chi connectivity index (χ0v) is 11.0. The molecule has 1 aliphatic carbocycles. The molecule has 2 fully saturated rings. The lowest BCUT2D eigenvalue weighted by Crippen LogP contribution is -2.43. The van der Waals surface area contributed by atoms with E-state index in [2.05, 4.69) is 5.32 Å². The highest BCUT2D eigenvalue weighted by Crippen LogP contribution is 2.31. The van der Waals surface area contributed by atoms with Crippen molar-refractivity contribution in [2.45, 2.75) is 38.0 Å². The van der Waals surface area contributed by atoms with E-state index < -0.39 is 0 Å². The first kappa shape index (κ1) is 12.5. The third-order valence-corrected chi connectivity index (χ3v) is 3.78. The Kier molecular flexibility index (Phi) is 3.69. The van der Waals surface area contributed by atoms with Crippen LogP contribution in [0.5, 0.6) is 0 Å². The number of hydrogen-bond acceptors (Lipinski definition) is 3. The first-order valence-electron chi connectivity index (χ1n) is 7.04. The van der Waals surface area contributed by atoms with Crippen molar-refractivity contribution in [3.63, 3.8) is 0 Å². The fourth-order valence-corrected chi connectivity index (χ4v) is 2.62. The van der Waals surface area contributed by atoms with Gasteiger partial charge in [0.05, 0.1) is 0 Å². The summed E-state index contributed by atoms with van der Waals surface area (Å²) in [6, 6.07) is 10.6. The van der Waals surface area contributed by atoms with Crippen LogP contribution in [0.3, 0.4) is 0 Å². The zero-order chi connectivity index (χ0) is 13.1. The molecule has 0 spiro atoms. The summed E-state index contributed by atoms with van der Waals surface area (Å²) in [4.78, 5) is 14.2. The Bertz CT molecular complexity index is 425. The van der Waals surface area contributed by atoms with Crippen molar-refractivity contribution < 1.29 is 9.53 Å². The van der Waals surface area contributed by atoms with Gasteiger partial charge in [0, 0.05) is 18.6 Å². The summed E-state index contributed by atoms with van der Waals surface area (Å²) in [5.41, 5.74) is 1.04. The molecule has 1 amide bonds. The summed E-state index contributed by atoms with van der Waals surface area (Å²) in [6.45, 7) is 2.26. The molecule has 2 aliphatic rings.